The summed E-state index contributed by atoms with van der Waals surface area (Å²) in [7, 11) is 0. The molecule has 1 aromatic carbocycles. The minimum absolute atomic E-state index is 0.0607. The van der Waals surface area contributed by atoms with Crippen LogP contribution in [-0.4, -0.2) is 29.6 Å². The first kappa shape index (κ1) is 15.4. The van der Waals surface area contributed by atoms with Crippen molar-refractivity contribution in [3.63, 3.8) is 0 Å². The van der Waals surface area contributed by atoms with Crippen LogP contribution in [0.1, 0.15) is 18.1 Å². The van der Waals surface area contributed by atoms with E-state index in [0.29, 0.717) is 18.5 Å². The summed E-state index contributed by atoms with van der Waals surface area (Å²) in [6, 6.07) is 4.31. The summed E-state index contributed by atoms with van der Waals surface area (Å²) >= 11 is 0. The molecule has 104 valence electrons. The molecular weight excluding hydrogens is 243 g/mol. The predicted molar refractivity (Wildman–Crippen MR) is 77.2 cm³/mol. The summed E-state index contributed by atoms with van der Waals surface area (Å²) in [5.41, 5.74) is 6.18. The molecule has 1 atom stereocenters. The van der Waals surface area contributed by atoms with Crippen molar-refractivity contribution in [1.82, 2.24) is 4.90 Å². The average molecular weight is 264 g/mol. The van der Waals surface area contributed by atoms with E-state index in [9.17, 15) is 9.50 Å². The van der Waals surface area contributed by atoms with Gasteiger partial charge >= 0.3 is 0 Å². The van der Waals surface area contributed by atoms with E-state index in [0.717, 1.165) is 13.1 Å². The highest BCUT2D eigenvalue weighted by Gasteiger charge is 2.11. The Hall–Kier alpha value is -1.65. The molecule has 0 fully saturated rings. The van der Waals surface area contributed by atoms with Gasteiger partial charge in [0.2, 0.25) is 0 Å². The molecule has 0 heterocycles. The third-order valence-corrected chi connectivity index (χ3v) is 2.90. The van der Waals surface area contributed by atoms with Crippen molar-refractivity contribution in [3.05, 3.63) is 54.9 Å². The topological polar surface area (TPSA) is 49.5 Å². The van der Waals surface area contributed by atoms with Gasteiger partial charge in [0, 0.05) is 19.6 Å². The molecule has 19 heavy (non-hydrogen) atoms. The number of hydrogen-bond acceptors (Lipinski definition) is 3. The quantitative estimate of drug-likeness (QED) is 0.560. The summed E-state index contributed by atoms with van der Waals surface area (Å²) < 4.78 is 13.0. The Kier molecular flexibility index (Phi) is 6.25. The maximum atomic E-state index is 13.0. The van der Waals surface area contributed by atoms with E-state index in [2.05, 4.69) is 18.1 Å². The predicted octanol–water partition coefficient (Wildman–Crippen LogP) is 2.51. The average Bonchev–Trinajstić information content (AvgIpc) is 2.39. The van der Waals surface area contributed by atoms with Gasteiger partial charge in [0.15, 0.2) is 0 Å². The second-order valence-electron chi connectivity index (χ2n) is 4.42. The highest BCUT2D eigenvalue weighted by Crippen LogP contribution is 2.21. The van der Waals surface area contributed by atoms with Gasteiger partial charge in [-0.2, -0.15) is 0 Å². The van der Waals surface area contributed by atoms with Crippen LogP contribution in [0.5, 0.6) is 0 Å². The van der Waals surface area contributed by atoms with Crippen molar-refractivity contribution in [2.24, 2.45) is 0 Å². The number of nitrogens with zero attached hydrogens (tertiary/aromatic N) is 1. The molecule has 0 spiro atoms. The fraction of sp³-hybridized carbons (Fsp3) is 0.333. The summed E-state index contributed by atoms with van der Waals surface area (Å²) in [4.78, 5) is 2.11. The molecule has 1 rings (SSSR count). The monoisotopic (exact) mass is 264 g/mol. The van der Waals surface area contributed by atoms with Crippen molar-refractivity contribution < 1.29 is 9.50 Å². The van der Waals surface area contributed by atoms with Crippen molar-refractivity contribution >= 4 is 5.69 Å². The molecule has 1 unspecified atom stereocenters. The maximum Gasteiger partial charge on any atom is 0.146 e. The molecule has 1 aromatic rings. The lowest BCUT2D eigenvalue weighted by Gasteiger charge is -2.20. The Bertz CT molecular complexity index is 424. The lowest BCUT2D eigenvalue weighted by Crippen LogP contribution is -2.26. The Labute approximate surface area is 113 Å². The van der Waals surface area contributed by atoms with Gasteiger partial charge in [-0.25, -0.2) is 4.39 Å². The van der Waals surface area contributed by atoms with Gasteiger partial charge in [0.25, 0.3) is 0 Å². The van der Waals surface area contributed by atoms with Crippen LogP contribution in [0.25, 0.3) is 0 Å². The maximum absolute atomic E-state index is 13.0. The zero-order valence-corrected chi connectivity index (χ0v) is 11.1. The van der Waals surface area contributed by atoms with Gasteiger partial charge in [0.05, 0.1) is 11.8 Å². The van der Waals surface area contributed by atoms with Crippen molar-refractivity contribution in [3.8, 4) is 0 Å². The van der Waals surface area contributed by atoms with E-state index in [1.165, 1.54) is 12.1 Å². The van der Waals surface area contributed by atoms with Crippen LogP contribution in [0.15, 0.2) is 43.5 Å². The van der Waals surface area contributed by atoms with Gasteiger partial charge < -0.3 is 10.8 Å². The number of aliphatic hydroxyl groups is 1. The lowest BCUT2D eigenvalue weighted by atomic mass is 10.1. The normalized spacial score (nSPS) is 12.4. The van der Waals surface area contributed by atoms with Crippen LogP contribution < -0.4 is 5.73 Å². The highest BCUT2D eigenvalue weighted by molar-refractivity contribution is 5.43. The highest BCUT2D eigenvalue weighted by atomic mass is 19.1. The second-order valence-corrected chi connectivity index (χ2v) is 4.42. The Morgan fingerprint density at radius 1 is 1.32 bits per heavy atom. The fourth-order valence-corrected chi connectivity index (χ4v) is 1.86. The van der Waals surface area contributed by atoms with E-state index in [1.54, 1.807) is 6.07 Å². The molecular formula is C15H21FN2O. The van der Waals surface area contributed by atoms with E-state index < -0.39 is 11.9 Å². The van der Waals surface area contributed by atoms with E-state index in [4.69, 9.17) is 5.73 Å². The minimum Gasteiger partial charge on any atom is -0.396 e. The Morgan fingerprint density at radius 3 is 2.47 bits per heavy atom. The number of halogens is 1. The molecule has 0 aliphatic rings. The Morgan fingerprint density at radius 2 is 1.95 bits per heavy atom. The van der Waals surface area contributed by atoms with E-state index in [-0.39, 0.29) is 5.69 Å². The third-order valence-electron chi connectivity index (χ3n) is 2.90. The van der Waals surface area contributed by atoms with Gasteiger partial charge in [-0.3, -0.25) is 4.90 Å². The van der Waals surface area contributed by atoms with E-state index >= 15 is 0 Å². The fourth-order valence-electron chi connectivity index (χ4n) is 1.86. The molecule has 0 aliphatic carbocycles. The van der Waals surface area contributed by atoms with Crippen molar-refractivity contribution in [2.75, 3.05) is 25.4 Å². The molecule has 0 aliphatic heterocycles. The number of aliphatic hydroxyl groups excluding tert-OH is 1. The molecule has 3 nitrogen and oxygen atoms in total. The summed E-state index contributed by atoms with van der Waals surface area (Å²) in [6.45, 7) is 9.57. The van der Waals surface area contributed by atoms with Gasteiger partial charge in [-0.15, -0.1) is 13.2 Å². The number of hydrogen-bond donors (Lipinski definition) is 2. The number of nitrogens with two attached hydrogens (primary N) is 1. The van der Waals surface area contributed by atoms with Gasteiger partial charge in [-0.05, 0) is 24.1 Å². The van der Waals surface area contributed by atoms with Crippen LogP contribution in [-0.2, 0) is 0 Å². The summed E-state index contributed by atoms with van der Waals surface area (Å²) in [6.07, 6.45) is 3.52. The van der Waals surface area contributed by atoms with Crippen LogP contribution in [0.2, 0.25) is 0 Å². The minimum atomic E-state index is -0.653. The molecule has 0 saturated carbocycles. The van der Waals surface area contributed by atoms with Crippen LogP contribution in [0.4, 0.5) is 10.1 Å². The third kappa shape index (κ3) is 4.85. The van der Waals surface area contributed by atoms with E-state index in [1.807, 2.05) is 12.2 Å². The van der Waals surface area contributed by atoms with Crippen LogP contribution >= 0.6 is 0 Å². The van der Waals surface area contributed by atoms with Crippen LogP contribution in [0, 0.1) is 5.82 Å². The molecule has 0 amide bonds. The summed E-state index contributed by atoms with van der Waals surface area (Å²) in [5.74, 6) is -0.462. The van der Waals surface area contributed by atoms with Crippen LogP contribution in [0.3, 0.4) is 0 Å². The van der Waals surface area contributed by atoms with Crippen molar-refractivity contribution in [2.45, 2.75) is 12.5 Å². The Balaban J connectivity index is 2.57. The van der Waals surface area contributed by atoms with Crippen molar-refractivity contribution in [1.29, 1.82) is 0 Å². The SMILES string of the molecule is C=CCN(CC=C)CCC(O)c1ccc(F)c(N)c1. The second kappa shape index (κ2) is 7.71. The molecule has 0 radical (unpaired) electrons. The number of benzene rings is 1. The largest absolute Gasteiger partial charge is 0.396 e. The first-order chi connectivity index (χ1) is 9.08. The molecule has 0 aromatic heterocycles. The molecule has 0 bridgehead atoms. The molecule has 0 saturated heterocycles. The number of anilines is 1. The standard InChI is InChI=1S/C15H21FN2O/c1-3-8-18(9-4-2)10-7-15(19)12-5-6-13(16)14(17)11-12/h3-6,11,15,19H,1-2,7-10,17H2. The van der Waals surface area contributed by atoms with Gasteiger partial charge in [-0.1, -0.05) is 18.2 Å². The molecule has 4 heteroatoms. The lowest BCUT2D eigenvalue weighted by molar-refractivity contribution is 0.148. The number of nitrogen functional groups attached to an aromatic ring is 1. The smallest absolute Gasteiger partial charge is 0.146 e. The van der Waals surface area contributed by atoms with Gasteiger partial charge in [0.1, 0.15) is 5.82 Å². The first-order valence-corrected chi connectivity index (χ1v) is 6.25. The molecule has 3 N–H and O–H groups in total. The zero-order chi connectivity index (χ0) is 14.3. The first-order valence-electron chi connectivity index (χ1n) is 6.25. The number of rotatable bonds is 8. The summed E-state index contributed by atoms with van der Waals surface area (Å²) in [5, 5.41) is 10.1. The zero-order valence-electron chi connectivity index (χ0n) is 11.1.